The molecule has 1 aromatic heterocycles. The van der Waals surface area contributed by atoms with Crippen molar-refractivity contribution in [2.24, 2.45) is 13.0 Å². The van der Waals surface area contributed by atoms with Crippen molar-refractivity contribution in [1.82, 2.24) is 18.8 Å². The molecule has 2 heterocycles. The molecule has 1 aliphatic heterocycles. The molecule has 0 atom stereocenters. The lowest BCUT2D eigenvalue weighted by atomic mass is 9.97. The van der Waals surface area contributed by atoms with Gasteiger partial charge >= 0.3 is 0 Å². The zero-order chi connectivity index (χ0) is 22.6. The van der Waals surface area contributed by atoms with E-state index in [1.54, 1.807) is 37.6 Å². The lowest BCUT2D eigenvalue weighted by molar-refractivity contribution is -0.135. The number of aromatic nitrogens is 2. The van der Waals surface area contributed by atoms with Gasteiger partial charge in [0.15, 0.2) is 16.5 Å². The van der Waals surface area contributed by atoms with Crippen LogP contribution in [0.25, 0.3) is 0 Å². The minimum Gasteiger partial charge on any atom is -0.493 e. The number of aryl methyl sites for hydroxylation is 2. The van der Waals surface area contributed by atoms with E-state index in [1.165, 1.54) is 10.5 Å². The molecule has 0 spiro atoms. The molecule has 0 saturated carbocycles. The predicted octanol–water partition coefficient (Wildman–Crippen LogP) is 1.68. The zero-order valence-corrected chi connectivity index (χ0v) is 19.3. The van der Waals surface area contributed by atoms with Crippen LogP contribution < -0.4 is 9.47 Å². The monoisotopic (exact) mass is 450 g/mol. The van der Waals surface area contributed by atoms with Crippen molar-refractivity contribution < 1.29 is 22.7 Å². The Morgan fingerprint density at radius 3 is 2.45 bits per heavy atom. The smallest absolute Gasteiger partial charge is 0.262 e. The first-order valence-electron chi connectivity index (χ1n) is 10.2. The highest BCUT2D eigenvalue weighted by atomic mass is 32.2. The third-order valence-corrected chi connectivity index (χ3v) is 7.39. The fraction of sp³-hybridized carbons (Fsp3) is 0.524. The number of para-hydroxylation sites is 2. The SMILES string of the molecule is COc1ccccc1OCCN(C)C(=O)C1CCN(S(=O)(=O)c2cn(C)c(C)n2)CC1. The van der Waals surface area contributed by atoms with Crippen LogP contribution in [0.1, 0.15) is 18.7 Å². The minimum absolute atomic E-state index is 0.00866. The Hall–Kier alpha value is -2.59. The maximum atomic E-state index is 12.8. The van der Waals surface area contributed by atoms with Crippen LogP contribution >= 0.6 is 0 Å². The van der Waals surface area contributed by atoms with Crippen molar-refractivity contribution in [1.29, 1.82) is 0 Å². The Morgan fingerprint density at radius 2 is 1.87 bits per heavy atom. The number of sulfonamides is 1. The molecule has 0 aliphatic carbocycles. The Morgan fingerprint density at radius 1 is 1.23 bits per heavy atom. The van der Waals surface area contributed by atoms with Crippen molar-refractivity contribution in [3.63, 3.8) is 0 Å². The predicted molar refractivity (Wildman–Crippen MR) is 116 cm³/mol. The molecule has 1 aliphatic rings. The second-order valence-electron chi connectivity index (χ2n) is 7.67. The summed E-state index contributed by atoms with van der Waals surface area (Å²) in [4.78, 5) is 18.6. The molecule has 0 N–H and O–H groups in total. The van der Waals surface area contributed by atoms with Crippen LogP contribution in [0.4, 0.5) is 0 Å². The quantitative estimate of drug-likeness (QED) is 0.607. The third kappa shape index (κ3) is 5.19. The molecule has 1 aromatic carbocycles. The molecule has 1 saturated heterocycles. The van der Waals surface area contributed by atoms with E-state index in [2.05, 4.69) is 4.98 Å². The number of ether oxygens (including phenoxy) is 2. The average Bonchev–Trinajstić information content (AvgIpc) is 3.12. The van der Waals surface area contributed by atoms with Crippen molar-refractivity contribution in [2.75, 3.05) is 40.4 Å². The van der Waals surface area contributed by atoms with Gasteiger partial charge in [0.25, 0.3) is 10.0 Å². The number of methoxy groups -OCH3 is 1. The summed E-state index contributed by atoms with van der Waals surface area (Å²) in [5, 5.41) is 0.0582. The maximum Gasteiger partial charge on any atom is 0.262 e. The van der Waals surface area contributed by atoms with Gasteiger partial charge in [-0.2, -0.15) is 4.31 Å². The lowest BCUT2D eigenvalue weighted by Gasteiger charge is -2.32. The second-order valence-corrected chi connectivity index (χ2v) is 9.56. The fourth-order valence-electron chi connectivity index (χ4n) is 3.58. The van der Waals surface area contributed by atoms with E-state index in [4.69, 9.17) is 9.47 Å². The molecule has 0 bridgehead atoms. The van der Waals surface area contributed by atoms with Gasteiger partial charge in [-0.05, 0) is 31.9 Å². The third-order valence-electron chi connectivity index (χ3n) is 5.62. The molecule has 0 unspecified atom stereocenters. The van der Waals surface area contributed by atoms with E-state index in [0.717, 1.165) is 0 Å². The first-order valence-corrected chi connectivity index (χ1v) is 11.7. The molecule has 1 fully saturated rings. The highest BCUT2D eigenvalue weighted by molar-refractivity contribution is 7.89. The summed E-state index contributed by atoms with van der Waals surface area (Å²) in [5.41, 5.74) is 0. The first-order chi connectivity index (χ1) is 14.7. The number of likely N-dealkylation sites (N-methyl/N-ethyl adjacent to an activating group) is 1. The summed E-state index contributed by atoms with van der Waals surface area (Å²) in [7, 11) is 1.45. The van der Waals surface area contributed by atoms with Gasteiger partial charge in [-0.3, -0.25) is 4.79 Å². The highest BCUT2D eigenvalue weighted by Gasteiger charge is 2.34. The summed E-state index contributed by atoms with van der Waals surface area (Å²) in [6, 6.07) is 7.36. The van der Waals surface area contributed by atoms with Gasteiger partial charge in [-0.1, -0.05) is 12.1 Å². The molecule has 3 rings (SSSR count). The van der Waals surface area contributed by atoms with Crippen molar-refractivity contribution in [3.05, 3.63) is 36.3 Å². The lowest BCUT2D eigenvalue weighted by Crippen LogP contribution is -2.44. The number of rotatable bonds is 8. The van der Waals surface area contributed by atoms with Crippen LogP contribution in [0.3, 0.4) is 0 Å². The number of benzene rings is 1. The van der Waals surface area contributed by atoms with E-state index in [9.17, 15) is 13.2 Å². The Bertz CT molecular complexity index is 993. The maximum absolute atomic E-state index is 12.8. The zero-order valence-electron chi connectivity index (χ0n) is 18.4. The second kappa shape index (κ2) is 9.69. The molecule has 170 valence electrons. The van der Waals surface area contributed by atoms with Gasteiger partial charge in [0.2, 0.25) is 5.91 Å². The van der Waals surface area contributed by atoms with E-state index in [0.29, 0.717) is 56.4 Å². The summed E-state index contributed by atoms with van der Waals surface area (Å²) < 4.78 is 39.7. The molecule has 31 heavy (non-hydrogen) atoms. The standard InChI is InChI=1S/C21H30N4O5S/c1-16-22-20(15-24(16)3)31(27,28)25-11-9-17(10-12-25)21(26)23(2)13-14-30-19-8-6-5-7-18(19)29-4/h5-8,15,17H,9-14H2,1-4H3. The largest absolute Gasteiger partial charge is 0.493 e. The number of carbonyl (C=O) groups is 1. The van der Waals surface area contributed by atoms with Gasteiger partial charge in [-0.25, -0.2) is 13.4 Å². The summed E-state index contributed by atoms with van der Waals surface area (Å²) >= 11 is 0. The number of piperidine rings is 1. The molecule has 9 nitrogen and oxygen atoms in total. The van der Waals surface area contributed by atoms with Gasteiger partial charge in [0, 0.05) is 39.3 Å². The summed E-state index contributed by atoms with van der Waals surface area (Å²) in [5.74, 6) is 1.73. The van der Waals surface area contributed by atoms with Gasteiger partial charge in [-0.15, -0.1) is 0 Å². The molecular weight excluding hydrogens is 420 g/mol. The Kier molecular flexibility index (Phi) is 7.22. The van der Waals surface area contributed by atoms with E-state index in [-0.39, 0.29) is 16.9 Å². The van der Waals surface area contributed by atoms with Crippen LogP contribution in [0.2, 0.25) is 0 Å². The van der Waals surface area contributed by atoms with Crippen LogP contribution in [0.15, 0.2) is 35.5 Å². The fourth-order valence-corrected chi connectivity index (χ4v) is 5.07. The van der Waals surface area contributed by atoms with Crippen LogP contribution in [-0.2, 0) is 21.9 Å². The number of hydrogen-bond acceptors (Lipinski definition) is 6. The van der Waals surface area contributed by atoms with E-state index >= 15 is 0 Å². The number of nitrogens with zero attached hydrogens (tertiary/aromatic N) is 4. The molecule has 10 heteroatoms. The summed E-state index contributed by atoms with van der Waals surface area (Å²) in [6.07, 6.45) is 2.50. The Labute approximate surface area is 183 Å². The van der Waals surface area contributed by atoms with Crippen LogP contribution in [0.5, 0.6) is 11.5 Å². The van der Waals surface area contributed by atoms with Crippen molar-refractivity contribution in [2.45, 2.75) is 24.8 Å². The number of imidazole rings is 1. The van der Waals surface area contributed by atoms with Crippen molar-refractivity contribution in [3.8, 4) is 11.5 Å². The average molecular weight is 451 g/mol. The van der Waals surface area contributed by atoms with Crippen molar-refractivity contribution >= 4 is 15.9 Å². The number of hydrogen-bond donors (Lipinski definition) is 0. The normalized spacial score (nSPS) is 15.6. The van der Waals surface area contributed by atoms with Gasteiger partial charge < -0.3 is 18.9 Å². The minimum atomic E-state index is -3.64. The van der Waals surface area contributed by atoms with Gasteiger partial charge in [0.05, 0.1) is 13.7 Å². The molecular formula is C21H30N4O5S. The van der Waals surface area contributed by atoms with E-state index < -0.39 is 10.0 Å². The van der Waals surface area contributed by atoms with Crippen LogP contribution in [0, 0.1) is 12.8 Å². The summed E-state index contributed by atoms with van der Waals surface area (Å²) in [6.45, 7) is 3.15. The first kappa shape index (κ1) is 23.1. The van der Waals surface area contributed by atoms with E-state index in [1.807, 2.05) is 24.3 Å². The topological polar surface area (TPSA) is 94.0 Å². The molecule has 2 aromatic rings. The molecule has 1 amide bonds. The molecule has 0 radical (unpaired) electrons. The Balaban J connectivity index is 1.50. The number of carbonyl (C=O) groups excluding carboxylic acids is 1. The van der Waals surface area contributed by atoms with Crippen LogP contribution in [-0.4, -0.2) is 73.5 Å². The highest BCUT2D eigenvalue weighted by Crippen LogP contribution is 2.26. The van der Waals surface area contributed by atoms with Gasteiger partial charge in [0.1, 0.15) is 12.4 Å². The number of amides is 1.